The monoisotopic (exact) mass is 379 g/mol. The Morgan fingerprint density at radius 1 is 1.31 bits per heavy atom. The second kappa shape index (κ2) is 9.33. The van der Waals surface area contributed by atoms with Crippen molar-refractivity contribution in [1.29, 1.82) is 0 Å². The molecule has 1 aromatic carbocycles. The Bertz CT molecular complexity index is 716. The predicted octanol–water partition coefficient (Wildman–Crippen LogP) is 3.84. The molecule has 7 nitrogen and oxygen atoms in total. The summed E-state index contributed by atoms with van der Waals surface area (Å²) in [5.41, 5.74) is 1.81. The SMILES string of the molecule is COC(=O)C1=C(C)N=CN(CCCCCCl)C1c1ccc([N+](=O)[O-])cc1. The molecule has 140 valence electrons. The smallest absolute Gasteiger partial charge is 0.338 e. The average Bonchev–Trinajstić information content (AvgIpc) is 2.65. The first-order valence-electron chi connectivity index (χ1n) is 8.39. The zero-order valence-electron chi connectivity index (χ0n) is 14.9. The molecule has 0 amide bonds. The number of carbonyl (C=O) groups is 1. The summed E-state index contributed by atoms with van der Waals surface area (Å²) in [4.78, 5) is 29.1. The number of non-ortho nitro benzene ring substituents is 1. The normalized spacial score (nSPS) is 16.7. The van der Waals surface area contributed by atoms with E-state index in [4.69, 9.17) is 16.3 Å². The van der Waals surface area contributed by atoms with Gasteiger partial charge in [-0.05, 0) is 37.5 Å². The topological polar surface area (TPSA) is 85.0 Å². The number of unbranched alkanes of at least 4 members (excludes halogenated alkanes) is 2. The highest BCUT2D eigenvalue weighted by atomic mass is 35.5. The van der Waals surface area contributed by atoms with Gasteiger partial charge in [0.15, 0.2) is 0 Å². The molecule has 0 saturated heterocycles. The van der Waals surface area contributed by atoms with Gasteiger partial charge in [-0.15, -0.1) is 11.6 Å². The van der Waals surface area contributed by atoms with Crippen molar-refractivity contribution in [1.82, 2.24) is 4.90 Å². The minimum atomic E-state index is -0.450. The lowest BCUT2D eigenvalue weighted by molar-refractivity contribution is -0.384. The van der Waals surface area contributed by atoms with Gasteiger partial charge in [-0.1, -0.05) is 6.42 Å². The van der Waals surface area contributed by atoms with Gasteiger partial charge in [0.1, 0.15) is 0 Å². The summed E-state index contributed by atoms with van der Waals surface area (Å²) < 4.78 is 4.94. The summed E-state index contributed by atoms with van der Waals surface area (Å²) in [6.07, 6.45) is 4.51. The van der Waals surface area contributed by atoms with Crippen LogP contribution in [0.2, 0.25) is 0 Å². The Morgan fingerprint density at radius 3 is 2.58 bits per heavy atom. The van der Waals surface area contributed by atoms with Crippen LogP contribution in [0.3, 0.4) is 0 Å². The summed E-state index contributed by atoms with van der Waals surface area (Å²) in [6.45, 7) is 2.45. The third kappa shape index (κ3) is 4.60. The summed E-state index contributed by atoms with van der Waals surface area (Å²) in [5.74, 6) is 0.167. The molecule has 1 aromatic rings. The molecule has 0 saturated carbocycles. The minimum Gasteiger partial charge on any atom is -0.466 e. The molecule has 8 heteroatoms. The number of allylic oxidation sites excluding steroid dienone is 1. The molecule has 0 bridgehead atoms. The predicted molar refractivity (Wildman–Crippen MR) is 100 cm³/mol. The second-order valence-electron chi connectivity index (χ2n) is 5.97. The summed E-state index contributed by atoms with van der Waals surface area (Å²) in [7, 11) is 1.33. The molecule has 2 rings (SSSR count). The molecule has 0 fully saturated rings. The van der Waals surface area contributed by atoms with Gasteiger partial charge in [0, 0.05) is 24.6 Å². The molecular weight excluding hydrogens is 358 g/mol. The number of carbonyl (C=O) groups excluding carboxylic acids is 1. The molecule has 0 N–H and O–H groups in total. The molecular formula is C18H22ClN3O4. The highest BCUT2D eigenvalue weighted by molar-refractivity contribution is 6.17. The van der Waals surface area contributed by atoms with E-state index in [0.717, 1.165) is 24.8 Å². The van der Waals surface area contributed by atoms with Crippen molar-refractivity contribution in [3.05, 3.63) is 51.2 Å². The van der Waals surface area contributed by atoms with Crippen molar-refractivity contribution in [2.75, 3.05) is 19.5 Å². The first kappa shape index (κ1) is 19.9. The Hall–Kier alpha value is -2.41. The summed E-state index contributed by atoms with van der Waals surface area (Å²) in [6, 6.07) is 5.83. The van der Waals surface area contributed by atoms with E-state index in [0.29, 0.717) is 23.7 Å². The first-order chi connectivity index (χ1) is 12.5. The van der Waals surface area contributed by atoms with Crippen LogP contribution < -0.4 is 0 Å². The maximum Gasteiger partial charge on any atom is 0.338 e. The van der Waals surface area contributed by atoms with E-state index in [1.807, 2.05) is 4.90 Å². The third-order valence-electron chi connectivity index (χ3n) is 4.27. The van der Waals surface area contributed by atoms with Crippen molar-refractivity contribution >= 4 is 29.6 Å². The van der Waals surface area contributed by atoms with Crippen LogP contribution in [0.25, 0.3) is 0 Å². The third-order valence-corrected chi connectivity index (χ3v) is 4.54. The van der Waals surface area contributed by atoms with Crippen LogP contribution in [0, 0.1) is 10.1 Å². The van der Waals surface area contributed by atoms with Gasteiger partial charge >= 0.3 is 5.97 Å². The maximum absolute atomic E-state index is 12.4. The molecule has 0 aromatic heterocycles. The van der Waals surface area contributed by atoms with Gasteiger partial charge in [-0.2, -0.15) is 0 Å². The first-order valence-corrected chi connectivity index (χ1v) is 8.92. The molecule has 0 spiro atoms. The van der Waals surface area contributed by atoms with Crippen LogP contribution in [-0.2, 0) is 9.53 Å². The molecule has 26 heavy (non-hydrogen) atoms. The number of nitrogens with zero attached hydrogens (tertiary/aromatic N) is 3. The van der Waals surface area contributed by atoms with Crippen LogP contribution in [0.15, 0.2) is 40.5 Å². The Morgan fingerprint density at radius 2 is 2.00 bits per heavy atom. The van der Waals surface area contributed by atoms with Gasteiger partial charge in [0.25, 0.3) is 5.69 Å². The highest BCUT2D eigenvalue weighted by Gasteiger charge is 2.32. The molecule has 1 aliphatic heterocycles. The lowest BCUT2D eigenvalue weighted by Gasteiger charge is -2.34. The number of methoxy groups -OCH3 is 1. The molecule has 1 atom stereocenters. The van der Waals surface area contributed by atoms with E-state index in [1.165, 1.54) is 19.2 Å². The van der Waals surface area contributed by atoms with E-state index >= 15 is 0 Å². The fourth-order valence-electron chi connectivity index (χ4n) is 2.92. The van der Waals surface area contributed by atoms with E-state index < -0.39 is 16.9 Å². The number of halogens is 1. The van der Waals surface area contributed by atoms with Gasteiger partial charge in [-0.3, -0.25) is 10.1 Å². The van der Waals surface area contributed by atoms with E-state index in [9.17, 15) is 14.9 Å². The number of aliphatic imine (C=N–C) groups is 1. The maximum atomic E-state index is 12.4. The van der Waals surface area contributed by atoms with Crippen molar-refractivity contribution < 1.29 is 14.5 Å². The van der Waals surface area contributed by atoms with Gasteiger partial charge in [0.2, 0.25) is 0 Å². The van der Waals surface area contributed by atoms with Crippen LogP contribution in [0.4, 0.5) is 5.69 Å². The fraction of sp³-hybridized carbons (Fsp3) is 0.444. The van der Waals surface area contributed by atoms with Gasteiger partial charge in [-0.25, -0.2) is 9.79 Å². The number of nitro groups is 1. The molecule has 1 heterocycles. The van der Waals surface area contributed by atoms with Crippen molar-refractivity contribution in [3.63, 3.8) is 0 Å². The number of hydrogen-bond acceptors (Lipinski definition) is 6. The molecule has 0 radical (unpaired) electrons. The van der Waals surface area contributed by atoms with Crippen LogP contribution in [-0.4, -0.2) is 41.7 Å². The number of alkyl halides is 1. The fourth-order valence-corrected chi connectivity index (χ4v) is 3.11. The average molecular weight is 380 g/mol. The van der Waals surface area contributed by atoms with Crippen molar-refractivity contribution in [3.8, 4) is 0 Å². The number of ether oxygens (including phenoxy) is 1. The van der Waals surface area contributed by atoms with Crippen LogP contribution in [0.5, 0.6) is 0 Å². The quantitative estimate of drug-likeness (QED) is 0.225. The molecule has 1 aliphatic rings. The highest BCUT2D eigenvalue weighted by Crippen LogP contribution is 2.34. The van der Waals surface area contributed by atoms with E-state index in [-0.39, 0.29) is 5.69 Å². The number of hydrogen-bond donors (Lipinski definition) is 0. The number of benzene rings is 1. The lowest BCUT2D eigenvalue weighted by atomic mass is 9.94. The van der Waals surface area contributed by atoms with E-state index in [2.05, 4.69) is 4.99 Å². The Balaban J connectivity index is 2.35. The van der Waals surface area contributed by atoms with Crippen LogP contribution in [0.1, 0.15) is 37.8 Å². The zero-order chi connectivity index (χ0) is 19.1. The lowest BCUT2D eigenvalue weighted by Crippen LogP contribution is -2.35. The second-order valence-corrected chi connectivity index (χ2v) is 6.35. The zero-order valence-corrected chi connectivity index (χ0v) is 15.6. The van der Waals surface area contributed by atoms with Gasteiger partial charge < -0.3 is 9.64 Å². The van der Waals surface area contributed by atoms with Gasteiger partial charge in [0.05, 0.1) is 35.7 Å². The minimum absolute atomic E-state index is 0.00667. The van der Waals surface area contributed by atoms with Crippen molar-refractivity contribution in [2.24, 2.45) is 4.99 Å². The molecule has 1 unspecified atom stereocenters. The number of nitro benzene ring substituents is 1. The summed E-state index contributed by atoms with van der Waals surface area (Å²) >= 11 is 5.73. The number of rotatable bonds is 8. The van der Waals surface area contributed by atoms with Crippen LogP contribution >= 0.6 is 11.6 Å². The Labute approximate surface area is 157 Å². The van der Waals surface area contributed by atoms with E-state index in [1.54, 1.807) is 25.4 Å². The number of esters is 1. The molecule has 0 aliphatic carbocycles. The largest absolute Gasteiger partial charge is 0.466 e. The standard InChI is InChI=1S/C18H22ClN3O4/c1-13-16(18(23)26-2)17(14-6-8-15(9-7-14)22(24)25)21(12-20-13)11-5-3-4-10-19/h6-9,12,17H,3-5,10-11H2,1-2H3. The summed E-state index contributed by atoms with van der Waals surface area (Å²) in [5, 5.41) is 10.9. The Kier molecular flexibility index (Phi) is 7.15. The van der Waals surface area contributed by atoms with Crippen molar-refractivity contribution in [2.45, 2.75) is 32.2 Å².